The Kier molecular flexibility index (Phi) is 8.06. The summed E-state index contributed by atoms with van der Waals surface area (Å²) in [7, 11) is 1.79. The highest BCUT2D eigenvalue weighted by Gasteiger charge is 2.27. The second kappa shape index (κ2) is 10.1. The standard InChI is InChI=1S/C22H37N5O3/c1-8-30-18(28)14-27-11-9-17(10-12-27)13-23-16(3)24-21(29)19-15(2)20(22(4,5)6)25-26(19)7/h17,23H,3,8-14H2,1-2,4-7H3,(H,24,29). The van der Waals surface area contributed by atoms with E-state index in [1.165, 1.54) is 0 Å². The van der Waals surface area contributed by atoms with E-state index in [9.17, 15) is 9.59 Å². The van der Waals surface area contributed by atoms with E-state index in [4.69, 9.17) is 4.74 Å². The molecule has 2 N–H and O–H groups in total. The maximum Gasteiger partial charge on any atom is 0.320 e. The average molecular weight is 420 g/mol. The Morgan fingerprint density at radius 2 is 1.90 bits per heavy atom. The molecule has 0 aromatic carbocycles. The van der Waals surface area contributed by atoms with Gasteiger partial charge >= 0.3 is 5.97 Å². The summed E-state index contributed by atoms with van der Waals surface area (Å²) >= 11 is 0. The van der Waals surface area contributed by atoms with Crippen molar-refractivity contribution in [3.05, 3.63) is 29.4 Å². The van der Waals surface area contributed by atoms with Crippen LogP contribution in [0.5, 0.6) is 0 Å². The molecule has 2 heterocycles. The number of ether oxygens (including phenoxy) is 1. The molecule has 1 aromatic heterocycles. The Hall–Kier alpha value is -2.35. The number of hydrogen-bond acceptors (Lipinski definition) is 6. The molecule has 1 aliphatic rings. The number of nitrogens with zero attached hydrogens (tertiary/aromatic N) is 3. The fourth-order valence-corrected chi connectivity index (χ4v) is 3.91. The molecule has 1 amide bonds. The zero-order chi connectivity index (χ0) is 22.5. The van der Waals surface area contributed by atoms with Crippen LogP contribution in [0.1, 0.15) is 62.3 Å². The van der Waals surface area contributed by atoms with E-state index in [0.29, 0.717) is 30.6 Å². The van der Waals surface area contributed by atoms with Crippen LogP contribution in [-0.4, -0.2) is 59.3 Å². The van der Waals surface area contributed by atoms with Crippen LogP contribution >= 0.6 is 0 Å². The number of esters is 1. The molecule has 0 spiro atoms. The van der Waals surface area contributed by atoms with Gasteiger partial charge < -0.3 is 15.4 Å². The number of carbonyl (C=O) groups is 2. The van der Waals surface area contributed by atoms with Crippen LogP contribution in [0.4, 0.5) is 0 Å². The SMILES string of the molecule is C=C(NCC1CCN(CC(=O)OCC)CC1)NC(=O)c1c(C)c(C(C)(C)C)nn1C. The number of amides is 1. The third kappa shape index (κ3) is 6.32. The van der Waals surface area contributed by atoms with Gasteiger partial charge in [-0.25, -0.2) is 0 Å². The molecule has 0 bridgehead atoms. The molecule has 168 valence electrons. The zero-order valence-electron chi connectivity index (χ0n) is 19.3. The van der Waals surface area contributed by atoms with Gasteiger partial charge in [0, 0.05) is 24.6 Å². The van der Waals surface area contributed by atoms with Gasteiger partial charge in [0.15, 0.2) is 0 Å². The van der Waals surface area contributed by atoms with Gasteiger partial charge in [-0.2, -0.15) is 5.10 Å². The van der Waals surface area contributed by atoms with Crippen LogP contribution in [0.15, 0.2) is 12.4 Å². The Morgan fingerprint density at radius 3 is 2.43 bits per heavy atom. The van der Waals surface area contributed by atoms with E-state index in [0.717, 1.165) is 43.7 Å². The highest BCUT2D eigenvalue weighted by molar-refractivity contribution is 5.95. The number of rotatable bonds is 8. The van der Waals surface area contributed by atoms with Gasteiger partial charge in [-0.3, -0.25) is 19.2 Å². The van der Waals surface area contributed by atoms with Crippen molar-refractivity contribution in [3.63, 3.8) is 0 Å². The van der Waals surface area contributed by atoms with Crippen molar-refractivity contribution in [3.8, 4) is 0 Å². The van der Waals surface area contributed by atoms with Crippen LogP contribution in [0.3, 0.4) is 0 Å². The van der Waals surface area contributed by atoms with E-state index in [1.54, 1.807) is 11.7 Å². The summed E-state index contributed by atoms with van der Waals surface area (Å²) in [5.41, 5.74) is 2.24. The van der Waals surface area contributed by atoms with Crippen LogP contribution in [0.25, 0.3) is 0 Å². The fraction of sp³-hybridized carbons (Fsp3) is 0.682. The Labute approximate surface area is 180 Å². The average Bonchev–Trinajstić information content (AvgIpc) is 2.96. The third-order valence-corrected chi connectivity index (χ3v) is 5.44. The van der Waals surface area contributed by atoms with Crippen molar-refractivity contribution >= 4 is 11.9 Å². The minimum absolute atomic E-state index is 0.127. The van der Waals surface area contributed by atoms with Crippen LogP contribution < -0.4 is 10.6 Å². The van der Waals surface area contributed by atoms with Crippen molar-refractivity contribution in [1.29, 1.82) is 0 Å². The van der Waals surface area contributed by atoms with Gasteiger partial charge in [0.1, 0.15) is 5.69 Å². The van der Waals surface area contributed by atoms with E-state index in [2.05, 4.69) is 48.0 Å². The van der Waals surface area contributed by atoms with Crippen molar-refractivity contribution < 1.29 is 14.3 Å². The summed E-state index contributed by atoms with van der Waals surface area (Å²) in [6.07, 6.45) is 1.98. The molecule has 2 rings (SSSR count). The van der Waals surface area contributed by atoms with Crippen LogP contribution in [0.2, 0.25) is 0 Å². The van der Waals surface area contributed by atoms with Gasteiger partial charge in [-0.1, -0.05) is 27.4 Å². The first-order valence-corrected chi connectivity index (χ1v) is 10.7. The smallest absolute Gasteiger partial charge is 0.320 e. The molecule has 0 saturated carbocycles. The summed E-state index contributed by atoms with van der Waals surface area (Å²) in [4.78, 5) is 26.5. The Morgan fingerprint density at radius 1 is 1.27 bits per heavy atom. The quantitative estimate of drug-likeness (QED) is 0.628. The number of hydrogen-bond donors (Lipinski definition) is 2. The zero-order valence-corrected chi connectivity index (χ0v) is 19.3. The van der Waals surface area contributed by atoms with E-state index >= 15 is 0 Å². The predicted molar refractivity (Wildman–Crippen MR) is 117 cm³/mol. The maximum atomic E-state index is 12.8. The summed E-state index contributed by atoms with van der Waals surface area (Å²) in [6, 6.07) is 0. The summed E-state index contributed by atoms with van der Waals surface area (Å²) in [5, 5.41) is 10.6. The van der Waals surface area contributed by atoms with Crippen molar-refractivity contribution in [2.75, 3.05) is 32.8 Å². The third-order valence-electron chi connectivity index (χ3n) is 5.44. The minimum atomic E-state index is -0.209. The van der Waals surface area contributed by atoms with Crippen molar-refractivity contribution in [1.82, 2.24) is 25.3 Å². The van der Waals surface area contributed by atoms with Crippen molar-refractivity contribution in [2.45, 2.75) is 52.9 Å². The number of piperidine rings is 1. The molecular formula is C22H37N5O3. The lowest BCUT2D eigenvalue weighted by Gasteiger charge is -2.31. The number of nitrogens with one attached hydrogen (secondary N) is 2. The molecule has 30 heavy (non-hydrogen) atoms. The Balaban J connectivity index is 1.80. The topological polar surface area (TPSA) is 88.5 Å². The lowest BCUT2D eigenvalue weighted by atomic mass is 9.89. The highest BCUT2D eigenvalue weighted by Crippen LogP contribution is 2.26. The first kappa shape index (κ1) is 23.9. The van der Waals surface area contributed by atoms with Gasteiger partial charge in [0.2, 0.25) is 0 Å². The second-order valence-electron chi connectivity index (χ2n) is 9.03. The van der Waals surface area contributed by atoms with Gasteiger partial charge in [-0.15, -0.1) is 0 Å². The minimum Gasteiger partial charge on any atom is -0.465 e. The molecule has 0 radical (unpaired) electrons. The first-order valence-electron chi connectivity index (χ1n) is 10.7. The van der Waals surface area contributed by atoms with Crippen molar-refractivity contribution in [2.24, 2.45) is 13.0 Å². The molecule has 8 nitrogen and oxygen atoms in total. The number of aromatic nitrogens is 2. The summed E-state index contributed by atoms with van der Waals surface area (Å²) in [6.45, 7) is 17.2. The van der Waals surface area contributed by atoms with E-state index in [-0.39, 0.29) is 17.3 Å². The molecule has 8 heteroatoms. The lowest BCUT2D eigenvalue weighted by molar-refractivity contribution is -0.144. The van der Waals surface area contributed by atoms with E-state index in [1.807, 2.05) is 13.8 Å². The number of aryl methyl sites for hydroxylation is 1. The molecule has 1 aromatic rings. The lowest BCUT2D eigenvalue weighted by Crippen LogP contribution is -2.41. The highest BCUT2D eigenvalue weighted by atomic mass is 16.5. The summed E-state index contributed by atoms with van der Waals surface area (Å²) in [5.74, 6) is 0.597. The van der Waals surface area contributed by atoms with Gasteiger partial charge in [0.05, 0.1) is 24.7 Å². The largest absolute Gasteiger partial charge is 0.465 e. The molecule has 1 aliphatic heterocycles. The molecule has 0 atom stereocenters. The van der Waals surface area contributed by atoms with E-state index < -0.39 is 0 Å². The Bertz CT molecular complexity index is 770. The molecular weight excluding hydrogens is 382 g/mol. The van der Waals surface area contributed by atoms with Gasteiger partial charge in [-0.05, 0) is 45.7 Å². The first-order chi connectivity index (χ1) is 14.0. The molecule has 1 saturated heterocycles. The number of carbonyl (C=O) groups excluding carboxylic acids is 2. The van der Waals surface area contributed by atoms with Crippen LogP contribution in [-0.2, 0) is 22.0 Å². The molecule has 1 fully saturated rings. The molecule has 0 aliphatic carbocycles. The van der Waals surface area contributed by atoms with Gasteiger partial charge in [0.25, 0.3) is 5.91 Å². The van der Waals surface area contributed by atoms with Crippen LogP contribution in [0, 0.1) is 12.8 Å². The predicted octanol–water partition coefficient (Wildman–Crippen LogP) is 2.09. The fourth-order valence-electron chi connectivity index (χ4n) is 3.91. The number of likely N-dealkylation sites (tertiary alicyclic amines) is 1. The maximum absolute atomic E-state index is 12.8. The molecule has 0 unspecified atom stereocenters. The monoisotopic (exact) mass is 419 g/mol. The second-order valence-corrected chi connectivity index (χ2v) is 9.03. The normalized spacial score (nSPS) is 15.7. The summed E-state index contributed by atoms with van der Waals surface area (Å²) < 4.78 is 6.65.